The number of rotatable bonds is 5. The molecule has 2 rings (SSSR count). The molecule has 0 radical (unpaired) electrons. The summed E-state index contributed by atoms with van der Waals surface area (Å²) < 4.78 is 0. The molecule has 19 heavy (non-hydrogen) atoms. The Morgan fingerprint density at radius 2 is 1.84 bits per heavy atom. The van der Waals surface area contributed by atoms with Gasteiger partial charge in [0.2, 0.25) is 0 Å². The molecule has 1 aliphatic rings. The van der Waals surface area contributed by atoms with Crippen LogP contribution in [-0.2, 0) is 0 Å². The lowest BCUT2D eigenvalue weighted by atomic mass is 9.95. The third-order valence-electron chi connectivity index (χ3n) is 3.81. The molecule has 104 valence electrons. The summed E-state index contributed by atoms with van der Waals surface area (Å²) in [6.07, 6.45) is 4.64. The number of para-hydroxylation sites is 1. The second-order valence-electron chi connectivity index (χ2n) is 5.86. The van der Waals surface area contributed by atoms with Crippen LogP contribution in [0.2, 0.25) is 0 Å². The normalized spacial score (nSPS) is 17.5. The van der Waals surface area contributed by atoms with E-state index < -0.39 is 0 Å². The molecule has 1 aromatic rings. The van der Waals surface area contributed by atoms with Gasteiger partial charge in [0.25, 0.3) is 0 Å². The second-order valence-corrected chi connectivity index (χ2v) is 5.86. The highest BCUT2D eigenvalue weighted by molar-refractivity contribution is 5.55. The van der Waals surface area contributed by atoms with Gasteiger partial charge in [0.15, 0.2) is 0 Å². The highest BCUT2D eigenvalue weighted by Gasteiger charge is 2.21. The molecule has 0 amide bonds. The maximum Gasteiger partial charge on any atom is 0.119 e. The van der Waals surface area contributed by atoms with Crippen LogP contribution in [0.1, 0.15) is 51.1 Å². The van der Waals surface area contributed by atoms with Crippen LogP contribution >= 0.6 is 0 Å². The lowest BCUT2D eigenvalue weighted by molar-refractivity contribution is 0.506. The molecule has 1 unspecified atom stereocenters. The van der Waals surface area contributed by atoms with Gasteiger partial charge < -0.3 is 4.90 Å². The van der Waals surface area contributed by atoms with Gasteiger partial charge in [-0.1, -0.05) is 37.2 Å². The van der Waals surface area contributed by atoms with Crippen LogP contribution in [0.15, 0.2) is 29.4 Å². The molecule has 0 spiro atoms. The molecular formula is C16H24N2O. The summed E-state index contributed by atoms with van der Waals surface area (Å²) in [6, 6.07) is 8.07. The Balaban J connectivity index is 2.25. The zero-order valence-corrected chi connectivity index (χ0v) is 12.0. The lowest BCUT2D eigenvalue weighted by Gasteiger charge is -2.31. The van der Waals surface area contributed by atoms with Crippen molar-refractivity contribution in [3.05, 3.63) is 34.7 Å². The Labute approximate surface area is 116 Å². The molecule has 1 heterocycles. The number of hydrogen-bond donors (Lipinski definition) is 0. The van der Waals surface area contributed by atoms with Gasteiger partial charge in [-0.3, -0.25) is 0 Å². The van der Waals surface area contributed by atoms with E-state index in [0.29, 0.717) is 5.92 Å². The number of anilines is 1. The summed E-state index contributed by atoms with van der Waals surface area (Å²) in [5.74, 6) is 0.483. The fourth-order valence-electron chi connectivity index (χ4n) is 2.87. The van der Waals surface area contributed by atoms with Crippen LogP contribution in [0.5, 0.6) is 0 Å². The topological polar surface area (TPSA) is 32.7 Å². The van der Waals surface area contributed by atoms with Crippen molar-refractivity contribution in [2.45, 2.75) is 45.6 Å². The molecule has 3 heteroatoms. The molecule has 0 saturated carbocycles. The molecular weight excluding hydrogens is 236 g/mol. The minimum absolute atomic E-state index is 0.210. The highest BCUT2D eigenvalue weighted by Crippen LogP contribution is 2.33. The predicted molar refractivity (Wildman–Crippen MR) is 80.5 cm³/mol. The van der Waals surface area contributed by atoms with Crippen LogP contribution in [0.3, 0.4) is 0 Å². The zero-order valence-electron chi connectivity index (χ0n) is 12.0. The smallest absolute Gasteiger partial charge is 0.119 e. The van der Waals surface area contributed by atoms with Gasteiger partial charge in [-0.2, -0.15) is 4.91 Å². The van der Waals surface area contributed by atoms with E-state index in [-0.39, 0.29) is 6.04 Å². The Bertz CT molecular complexity index is 411. The Morgan fingerprint density at radius 3 is 2.47 bits per heavy atom. The second kappa shape index (κ2) is 6.69. The fourth-order valence-corrected chi connectivity index (χ4v) is 2.87. The summed E-state index contributed by atoms with van der Waals surface area (Å²) in [5.41, 5.74) is 2.32. The summed E-state index contributed by atoms with van der Waals surface area (Å²) in [5, 5.41) is 3.38. The van der Waals surface area contributed by atoms with Crippen LogP contribution in [0, 0.1) is 10.8 Å². The molecule has 1 atom stereocenters. The zero-order chi connectivity index (χ0) is 13.7. The van der Waals surface area contributed by atoms with Crippen LogP contribution in [0.4, 0.5) is 5.69 Å². The monoisotopic (exact) mass is 260 g/mol. The van der Waals surface area contributed by atoms with E-state index in [4.69, 9.17) is 0 Å². The predicted octanol–water partition coefficient (Wildman–Crippen LogP) is 4.53. The SMILES string of the molecule is CC(C)CC(N=O)c1ccccc1N1CCCCC1. The van der Waals surface area contributed by atoms with E-state index in [1.807, 2.05) is 6.07 Å². The molecule has 3 nitrogen and oxygen atoms in total. The maximum atomic E-state index is 11.2. The average molecular weight is 260 g/mol. The van der Waals surface area contributed by atoms with Crippen molar-refractivity contribution in [3.8, 4) is 0 Å². The fraction of sp³-hybridized carbons (Fsp3) is 0.625. The molecule has 1 fully saturated rings. The van der Waals surface area contributed by atoms with Gasteiger partial charge in [-0.05, 0) is 37.7 Å². The van der Waals surface area contributed by atoms with Gasteiger partial charge in [0.1, 0.15) is 6.04 Å². The summed E-state index contributed by atoms with van der Waals surface area (Å²) in [7, 11) is 0. The first-order valence-electron chi connectivity index (χ1n) is 7.38. The van der Waals surface area contributed by atoms with Crippen molar-refractivity contribution in [2.75, 3.05) is 18.0 Å². The third-order valence-corrected chi connectivity index (χ3v) is 3.81. The minimum atomic E-state index is -0.210. The highest BCUT2D eigenvalue weighted by atomic mass is 16.3. The van der Waals surface area contributed by atoms with E-state index in [9.17, 15) is 4.91 Å². The van der Waals surface area contributed by atoms with Crippen LogP contribution < -0.4 is 4.90 Å². The number of benzene rings is 1. The van der Waals surface area contributed by atoms with E-state index in [2.05, 4.69) is 42.1 Å². The first kappa shape index (κ1) is 14.0. The molecule has 1 saturated heterocycles. The quantitative estimate of drug-likeness (QED) is 0.729. The minimum Gasteiger partial charge on any atom is -0.371 e. The van der Waals surface area contributed by atoms with Gasteiger partial charge in [-0.25, -0.2) is 0 Å². The number of hydrogen-bond acceptors (Lipinski definition) is 3. The third kappa shape index (κ3) is 3.55. The lowest BCUT2D eigenvalue weighted by Crippen LogP contribution is -2.30. The van der Waals surface area contributed by atoms with Crippen molar-refractivity contribution in [2.24, 2.45) is 11.1 Å². The number of nitrogens with zero attached hydrogens (tertiary/aromatic N) is 2. The maximum absolute atomic E-state index is 11.2. The summed E-state index contributed by atoms with van der Waals surface area (Å²) in [4.78, 5) is 13.6. The van der Waals surface area contributed by atoms with Crippen molar-refractivity contribution in [3.63, 3.8) is 0 Å². The molecule has 0 aromatic heterocycles. The molecule has 1 aliphatic heterocycles. The standard InChI is InChI=1S/C16H24N2O/c1-13(2)12-15(17-19)14-8-4-5-9-16(14)18-10-6-3-7-11-18/h4-5,8-9,13,15H,3,6-7,10-12H2,1-2H3. The Morgan fingerprint density at radius 1 is 1.16 bits per heavy atom. The molecule has 0 aliphatic carbocycles. The van der Waals surface area contributed by atoms with Gasteiger partial charge >= 0.3 is 0 Å². The first-order valence-corrected chi connectivity index (χ1v) is 7.38. The van der Waals surface area contributed by atoms with Gasteiger partial charge in [-0.15, -0.1) is 0 Å². The van der Waals surface area contributed by atoms with E-state index in [1.165, 1.54) is 24.9 Å². The molecule has 0 bridgehead atoms. The van der Waals surface area contributed by atoms with Crippen LogP contribution in [0.25, 0.3) is 0 Å². The van der Waals surface area contributed by atoms with Gasteiger partial charge in [0, 0.05) is 24.3 Å². The first-order chi connectivity index (χ1) is 9.22. The molecule has 0 N–H and O–H groups in total. The van der Waals surface area contributed by atoms with E-state index >= 15 is 0 Å². The van der Waals surface area contributed by atoms with Gasteiger partial charge in [0.05, 0.1) is 0 Å². The average Bonchev–Trinajstić information content (AvgIpc) is 2.45. The van der Waals surface area contributed by atoms with Crippen molar-refractivity contribution >= 4 is 5.69 Å². The summed E-state index contributed by atoms with van der Waals surface area (Å²) >= 11 is 0. The Kier molecular flexibility index (Phi) is 4.94. The van der Waals surface area contributed by atoms with Crippen molar-refractivity contribution in [1.29, 1.82) is 0 Å². The number of nitroso groups, excluding NO2 is 1. The van der Waals surface area contributed by atoms with E-state index in [0.717, 1.165) is 25.1 Å². The summed E-state index contributed by atoms with van der Waals surface area (Å²) in [6.45, 7) is 6.48. The largest absolute Gasteiger partial charge is 0.371 e. The number of piperidine rings is 1. The Hall–Kier alpha value is -1.38. The van der Waals surface area contributed by atoms with Crippen LogP contribution in [-0.4, -0.2) is 13.1 Å². The molecule has 1 aromatic carbocycles. The van der Waals surface area contributed by atoms with Crippen molar-refractivity contribution < 1.29 is 0 Å². The van der Waals surface area contributed by atoms with E-state index in [1.54, 1.807) is 0 Å². The van der Waals surface area contributed by atoms with Crippen molar-refractivity contribution in [1.82, 2.24) is 0 Å².